The number of anilines is 1. The predicted molar refractivity (Wildman–Crippen MR) is 72.4 cm³/mol. The second-order valence-corrected chi connectivity index (χ2v) is 4.83. The molecule has 1 aromatic rings. The van der Waals surface area contributed by atoms with Crippen LogP contribution in [-0.4, -0.2) is 41.6 Å². The number of nitrogens with zero attached hydrogens (tertiary/aromatic N) is 3. The van der Waals surface area contributed by atoms with Crippen LogP contribution in [0.15, 0.2) is 12.1 Å². The van der Waals surface area contributed by atoms with Crippen molar-refractivity contribution in [1.82, 2.24) is 4.90 Å². The van der Waals surface area contributed by atoms with Crippen molar-refractivity contribution in [1.29, 1.82) is 5.26 Å². The van der Waals surface area contributed by atoms with Crippen LogP contribution < -0.4 is 4.90 Å². The van der Waals surface area contributed by atoms with Gasteiger partial charge in [-0.25, -0.2) is 9.69 Å². The Bertz CT molecular complexity index is 638. The van der Waals surface area contributed by atoms with E-state index in [-0.39, 0.29) is 10.6 Å². The quantitative estimate of drug-likeness (QED) is 0.832. The normalized spacial score (nSPS) is 18.6. The monoisotopic (exact) mass is 293 g/mol. The molecular formula is C13H12ClN3O3. The number of amides is 3. The van der Waals surface area contributed by atoms with Gasteiger partial charge in [0.1, 0.15) is 12.1 Å². The van der Waals surface area contributed by atoms with Crippen LogP contribution >= 0.6 is 11.6 Å². The molecule has 0 unspecified atom stereocenters. The number of halogens is 1. The van der Waals surface area contributed by atoms with Crippen molar-refractivity contribution in [2.24, 2.45) is 0 Å². The number of likely N-dealkylation sites (N-methyl/N-ethyl adjacent to an activating group) is 1. The Morgan fingerprint density at radius 1 is 1.45 bits per heavy atom. The summed E-state index contributed by atoms with van der Waals surface area (Å²) in [6.45, 7) is 1.19. The molecule has 6 nitrogen and oxygen atoms in total. The van der Waals surface area contributed by atoms with Crippen molar-refractivity contribution in [3.05, 3.63) is 28.3 Å². The first kappa shape index (κ1) is 14.3. The van der Waals surface area contributed by atoms with E-state index in [9.17, 15) is 14.7 Å². The van der Waals surface area contributed by atoms with Crippen LogP contribution in [0.5, 0.6) is 0 Å². The van der Waals surface area contributed by atoms with Crippen molar-refractivity contribution in [2.45, 2.75) is 13.0 Å². The van der Waals surface area contributed by atoms with Crippen LogP contribution in [0.3, 0.4) is 0 Å². The van der Waals surface area contributed by atoms with Crippen LogP contribution in [0.4, 0.5) is 10.5 Å². The topological polar surface area (TPSA) is 84.6 Å². The lowest BCUT2D eigenvalue weighted by Gasteiger charge is -2.17. The Morgan fingerprint density at radius 2 is 2.10 bits per heavy atom. The molecule has 1 heterocycles. The van der Waals surface area contributed by atoms with Gasteiger partial charge in [0.25, 0.3) is 5.91 Å². The summed E-state index contributed by atoms with van der Waals surface area (Å²) < 4.78 is 0. The van der Waals surface area contributed by atoms with Crippen molar-refractivity contribution in [3.63, 3.8) is 0 Å². The molecule has 0 radical (unpaired) electrons. The highest BCUT2D eigenvalue weighted by atomic mass is 35.5. The molecule has 1 fully saturated rings. The van der Waals surface area contributed by atoms with E-state index in [1.807, 2.05) is 6.07 Å². The number of benzene rings is 1. The molecule has 104 valence electrons. The van der Waals surface area contributed by atoms with E-state index in [2.05, 4.69) is 0 Å². The smallest absolute Gasteiger partial charge is 0.331 e. The number of carbonyl (C=O) groups is 2. The molecule has 1 aliphatic heterocycles. The lowest BCUT2D eigenvalue weighted by Crippen LogP contribution is -2.34. The van der Waals surface area contributed by atoms with Crippen LogP contribution in [0.2, 0.25) is 5.02 Å². The number of nitriles is 1. The molecule has 1 aliphatic rings. The molecule has 0 aliphatic carbocycles. The number of carbonyl (C=O) groups excluding carboxylic acids is 2. The largest absolute Gasteiger partial charge is 0.394 e. The van der Waals surface area contributed by atoms with E-state index < -0.39 is 24.6 Å². The van der Waals surface area contributed by atoms with Crippen LogP contribution in [0.1, 0.15) is 11.1 Å². The zero-order chi connectivity index (χ0) is 15.0. The van der Waals surface area contributed by atoms with Gasteiger partial charge >= 0.3 is 6.03 Å². The van der Waals surface area contributed by atoms with Gasteiger partial charge in [-0.1, -0.05) is 11.6 Å². The Kier molecular flexibility index (Phi) is 3.66. The third-order valence-corrected chi connectivity index (χ3v) is 3.85. The highest BCUT2D eigenvalue weighted by Crippen LogP contribution is 2.33. The summed E-state index contributed by atoms with van der Waals surface area (Å²) in [4.78, 5) is 26.4. The molecule has 0 bridgehead atoms. The zero-order valence-corrected chi connectivity index (χ0v) is 11.7. The molecule has 0 saturated carbocycles. The molecule has 1 aromatic carbocycles. The SMILES string of the molecule is Cc1c(N2C(=O)[C@H](CO)N(C)C2=O)ccc(C#N)c1Cl. The van der Waals surface area contributed by atoms with Gasteiger partial charge in [0.2, 0.25) is 0 Å². The summed E-state index contributed by atoms with van der Waals surface area (Å²) in [6.07, 6.45) is 0. The fraction of sp³-hybridized carbons (Fsp3) is 0.308. The minimum atomic E-state index is -0.892. The van der Waals surface area contributed by atoms with Crippen LogP contribution in [-0.2, 0) is 4.79 Å². The molecule has 0 aromatic heterocycles. The number of hydrogen-bond acceptors (Lipinski definition) is 4. The van der Waals surface area contributed by atoms with Gasteiger partial charge in [0.05, 0.1) is 22.9 Å². The van der Waals surface area contributed by atoms with Gasteiger partial charge in [-0.3, -0.25) is 4.79 Å². The first-order valence-corrected chi connectivity index (χ1v) is 6.22. The summed E-state index contributed by atoms with van der Waals surface area (Å²) in [5, 5.41) is 18.3. The van der Waals surface area contributed by atoms with Crippen molar-refractivity contribution in [2.75, 3.05) is 18.6 Å². The number of imide groups is 1. The van der Waals surface area contributed by atoms with Gasteiger partial charge in [0.15, 0.2) is 0 Å². The molecule has 7 heteroatoms. The second-order valence-electron chi connectivity index (χ2n) is 4.45. The van der Waals surface area contributed by atoms with Gasteiger partial charge < -0.3 is 10.0 Å². The van der Waals surface area contributed by atoms with E-state index in [0.717, 1.165) is 4.90 Å². The summed E-state index contributed by atoms with van der Waals surface area (Å²) in [6, 6.07) is 3.47. The lowest BCUT2D eigenvalue weighted by molar-refractivity contribution is -0.120. The summed E-state index contributed by atoms with van der Waals surface area (Å²) >= 11 is 6.04. The maximum atomic E-state index is 12.2. The van der Waals surface area contributed by atoms with Gasteiger partial charge in [-0.15, -0.1) is 0 Å². The summed E-state index contributed by atoms with van der Waals surface area (Å²) in [5.74, 6) is -0.510. The highest BCUT2D eigenvalue weighted by Gasteiger charge is 2.44. The van der Waals surface area contributed by atoms with Crippen LogP contribution in [0.25, 0.3) is 0 Å². The zero-order valence-electron chi connectivity index (χ0n) is 10.9. The standard InChI is InChI=1S/C13H12ClN3O3/c1-7-9(4-3-8(5-15)11(7)14)17-12(19)10(6-18)16(2)13(17)20/h3-4,10,18H,6H2,1-2H3/t10-/m0/s1. The highest BCUT2D eigenvalue weighted by molar-refractivity contribution is 6.33. The third-order valence-electron chi connectivity index (χ3n) is 3.36. The maximum Gasteiger partial charge on any atom is 0.331 e. The van der Waals surface area contributed by atoms with Gasteiger partial charge in [-0.05, 0) is 24.6 Å². The fourth-order valence-electron chi connectivity index (χ4n) is 2.13. The maximum absolute atomic E-state index is 12.2. The average molecular weight is 294 g/mol. The van der Waals surface area contributed by atoms with E-state index in [1.165, 1.54) is 24.1 Å². The molecule has 1 N–H and O–H groups in total. The minimum absolute atomic E-state index is 0.209. The average Bonchev–Trinajstić information content (AvgIpc) is 2.64. The Balaban J connectivity index is 2.53. The van der Waals surface area contributed by atoms with E-state index in [1.54, 1.807) is 6.92 Å². The second kappa shape index (κ2) is 5.12. The molecular weight excluding hydrogens is 282 g/mol. The van der Waals surface area contributed by atoms with Crippen LogP contribution in [0, 0.1) is 18.3 Å². The number of aliphatic hydroxyl groups is 1. The number of rotatable bonds is 2. The molecule has 1 saturated heterocycles. The molecule has 2 rings (SSSR count). The van der Waals surface area contributed by atoms with Crippen molar-refractivity contribution < 1.29 is 14.7 Å². The predicted octanol–water partition coefficient (Wildman–Crippen LogP) is 1.28. The lowest BCUT2D eigenvalue weighted by atomic mass is 10.1. The first-order valence-electron chi connectivity index (χ1n) is 5.84. The molecule has 20 heavy (non-hydrogen) atoms. The Hall–Kier alpha value is -2.10. The summed E-state index contributed by atoms with van der Waals surface area (Å²) in [7, 11) is 1.45. The van der Waals surface area contributed by atoms with E-state index >= 15 is 0 Å². The Labute approximate surface area is 120 Å². The summed E-state index contributed by atoms with van der Waals surface area (Å²) in [5.41, 5.74) is 1.07. The third kappa shape index (κ3) is 1.92. The Morgan fingerprint density at radius 3 is 2.60 bits per heavy atom. The first-order chi connectivity index (χ1) is 9.43. The fourth-order valence-corrected chi connectivity index (χ4v) is 2.33. The number of aliphatic hydroxyl groups excluding tert-OH is 1. The molecule has 3 amide bonds. The van der Waals surface area contributed by atoms with E-state index in [4.69, 9.17) is 16.9 Å². The van der Waals surface area contributed by atoms with Crippen molar-refractivity contribution in [3.8, 4) is 6.07 Å². The van der Waals surface area contributed by atoms with E-state index in [0.29, 0.717) is 11.3 Å². The minimum Gasteiger partial charge on any atom is -0.394 e. The van der Waals surface area contributed by atoms with Crippen molar-refractivity contribution >= 4 is 29.2 Å². The molecule has 1 atom stereocenters. The van der Waals surface area contributed by atoms with Gasteiger partial charge in [0, 0.05) is 7.05 Å². The van der Waals surface area contributed by atoms with Gasteiger partial charge in [-0.2, -0.15) is 5.26 Å². The molecule has 0 spiro atoms. The number of hydrogen-bond donors (Lipinski definition) is 1. The number of urea groups is 1.